The van der Waals surface area contributed by atoms with Crippen LogP contribution in [-0.2, 0) is 21.3 Å². The molecule has 7 nitrogen and oxygen atoms in total. The summed E-state index contributed by atoms with van der Waals surface area (Å²) in [5.74, 6) is 0.887. The lowest BCUT2D eigenvalue weighted by atomic mass is 9.65. The van der Waals surface area contributed by atoms with Gasteiger partial charge in [-0.2, -0.15) is 4.31 Å². The highest BCUT2D eigenvalue weighted by molar-refractivity contribution is 14.0. The molecule has 0 atom stereocenters. The van der Waals surface area contributed by atoms with E-state index < -0.39 is 10.0 Å². The Kier molecular flexibility index (Phi) is 8.03. The fraction of sp³-hybridized carbons (Fsp3) is 0.737. The molecule has 10 heteroatoms. The van der Waals surface area contributed by atoms with E-state index in [1.54, 1.807) is 6.07 Å². The van der Waals surface area contributed by atoms with Gasteiger partial charge in [0.2, 0.25) is 0 Å². The van der Waals surface area contributed by atoms with E-state index in [0.717, 1.165) is 23.9 Å². The molecule has 29 heavy (non-hydrogen) atoms. The van der Waals surface area contributed by atoms with Crippen LogP contribution in [0.2, 0.25) is 0 Å². The molecule has 1 aromatic rings. The third kappa shape index (κ3) is 4.91. The quantitative estimate of drug-likeness (QED) is 0.343. The molecule has 0 bridgehead atoms. The number of rotatable bonds is 5. The monoisotopic (exact) mass is 556 g/mol. The van der Waals surface area contributed by atoms with Crippen molar-refractivity contribution in [2.24, 2.45) is 10.4 Å². The molecule has 1 aromatic heterocycles. The van der Waals surface area contributed by atoms with Crippen molar-refractivity contribution >= 4 is 51.3 Å². The number of thiophene rings is 1. The SMILES string of the molecule is CCNC(=NCc1ccc(S(=O)(=O)N2CCOCC2)s1)N1CC(C)(C)C1(C)C.I. The van der Waals surface area contributed by atoms with Gasteiger partial charge in [0.15, 0.2) is 5.96 Å². The Morgan fingerprint density at radius 3 is 2.45 bits per heavy atom. The van der Waals surface area contributed by atoms with E-state index in [-0.39, 0.29) is 34.9 Å². The molecule has 3 rings (SSSR count). The minimum atomic E-state index is -3.44. The predicted octanol–water partition coefficient (Wildman–Crippen LogP) is 2.97. The molecule has 0 amide bonds. The van der Waals surface area contributed by atoms with Gasteiger partial charge in [-0.15, -0.1) is 35.3 Å². The molecule has 2 fully saturated rings. The van der Waals surface area contributed by atoms with E-state index in [9.17, 15) is 8.42 Å². The maximum atomic E-state index is 12.8. The standard InChI is InChI=1S/C19H32N4O3S2.HI/c1-6-20-17(23-14-18(2,3)19(23,4)5)21-13-15-7-8-16(27-15)28(24,25)22-9-11-26-12-10-22;/h7-8H,6,9-14H2,1-5H3,(H,20,21);1H. The Morgan fingerprint density at radius 2 is 1.90 bits per heavy atom. The molecule has 0 radical (unpaired) electrons. The number of likely N-dealkylation sites (tertiary alicyclic amines) is 1. The maximum Gasteiger partial charge on any atom is 0.252 e. The van der Waals surface area contributed by atoms with E-state index >= 15 is 0 Å². The van der Waals surface area contributed by atoms with Crippen LogP contribution in [0.4, 0.5) is 0 Å². The molecule has 166 valence electrons. The molecular weight excluding hydrogens is 523 g/mol. The fourth-order valence-corrected chi connectivity index (χ4v) is 6.29. The van der Waals surface area contributed by atoms with Crippen LogP contribution in [0.25, 0.3) is 0 Å². The van der Waals surface area contributed by atoms with Gasteiger partial charge in [-0.05, 0) is 32.9 Å². The zero-order valence-electron chi connectivity index (χ0n) is 17.9. The Bertz CT molecular complexity index is 830. The lowest BCUT2D eigenvalue weighted by Crippen LogP contribution is -2.72. The van der Waals surface area contributed by atoms with Gasteiger partial charge in [-0.1, -0.05) is 13.8 Å². The largest absolute Gasteiger partial charge is 0.379 e. The summed E-state index contributed by atoms with van der Waals surface area (Å²) in [5.41, 5.74) is 0.250. The summed E-state index contributed by atoms with van der Waals surface area (Å²) in [6.07, 6.45) is 0. The van der Waals surface area contributed by atoms with E-state index in [1.165, 1.54) is 15.6 Å². The van der Waals surface area contributed by atoms with E-state index in [4.69, 9.17) is 9.73 Å². The number of aliphatic imine (C=N–C) groups is 1. The van der Waals surface area contributed by atoms with Crippen LogP contribution in [0.15, 0.2) is 21.3 Å². The third-order valence-corrected chi connectivity index (χ3v) is 9.50. The fourth-order valence-electron chi connectivity index (χ4n) is 3.44. The number of morpholine rings is 1. The average molecular weight is 557 g/mol. The topological polar surface area (TPSA) is 74.2 Å². The van der Waals surface area contributed by atoms with Gasteiger partial charge in [-0.25, -0.2) is 13.4 Å². The summed E-state index contributed by atoms with van der Waals surface area (Å²) in [7, 11) is -3.44. The van der Waals surface area contributed by atoms with Gasteiger partial charge in [-0.3, -0.25) is 0 Å². The van der Waals surface area contributed by atoms with Gasteiger partial charge in [0.05, 0.1) is 19.8 Å². The van der Waals surface area contributed by atoms with Crippen molar-refractivity contribution in [2.75, 3.05) is 39.4 Å². The molecule has 1 N–H and O–H groups in total. The molecule has 0 saturated carbocycles. The van der Waals surface area contributed by atoms with Crippen molar-refractivity contribution in [1.82, 2.24) is 14.5 Å². The van der Waals surface area contributed by atoms with E-state index in [0.29, 0.717) is 37.1 Å². The van der Waals surface area contributed by atoms with Crippen LogP contribution in [0.3, 0.4) is 0 Å². The average Bonchev–Trinajstić information content (AvgIpc) is 3.14. The first-order valence-corrected chi connectivity index (χ1v) is 12.1. The van der Waals surface area contributed by atoms with Crippen molar-refractivity contribution in [3.8, 4) is 0 Å². The third-order valence-electron chi connectivity index (χ3n) is 6.06. The molecule has 0 aliphatic carbocycles. The van der Waals surface area contributed by atoms with Crippen LogP contribution in [-0.4, -0.2) is 68.5 Å². The number of guanidine groups is 1. The molecule has 2 saturated heterocycles. The Labute approximate surface area is 196 Å². The highest BCUT2D eigenvalue weighted by Gasteiger charge is 2.53. The number of nitrogens with one attached hydrogen (secondary N) is 1. The lowest BCUT2D eigenvalue weighted by Gasteiger charge is -2.62. The first-order chi connectivity index (χ1) is 13.1. The number of hydrogen-bond donors (Lipinski definition) is 1. The Hall–Kier alpha value is -0.430. The number of sulfonamides is 1. The molecule has 2 aliphatic heterocycles. The summed E-state index contributed by atoms with van der Waals surface area (Å²) in [4.78, 5) is 8.03. The van der Waals surface area contributed by atoms with E-state index in [1.807, 2.05) is 6.07 Å². The maximum absolute atomic E-state index is 12.8. The second kappa shape index (κ2) is 9.37. The summed E-state index contributed by atoms with van der Waals surface area (Å²) < 4.78 is 32.7. The van der Waals surface area contributed by atoms with Crippen LogP contribution in [0, 0.1) is 5.41 Å². The zero-order valence-corrected chi connectivity index (χ0v) is 21.9. The second-order valence-corrected chi connectivity index (χ2v) is 11.8. The minimum Gasteiger partial charge on any atom is -0.379 e. The van der Waals surface area contributed by atoms with Crippen molar-refractivity contribution in [1.29, 1.82) is 0 Å². The van der Waals surface area contributed by atoms with Gasteiger partial charge in [0, 0.05) is 42.0 Å². The molecule has 0 spiro atoms. The number of nitrogens with zero attached hydrogens (tertiary/aromatic N) is 3. The summed E-state index contributed by atoms with van der Waals surface area (Å²) in [5, 5.41) is 3.38. The van der Waals surface area contributed by atoms with Crippen molar-refractivity contribution < 1.29 is 13.2 Å². The second-order valence-electron chi connectivity index (χ2n) is 8.44. The highest BCUT2D eigenvalue weighted by Crippen LogP contribution is 2.46. The number of ether oxygens (including phenoxy) is 1. The van der Waals surface area contributed by atoms with E-state index in [2.05, 4.69) is 44.8 Å². The molecular formula is C19H33IN4O3S2. The molecule has 2 aliphatic rings. The summed E-state index contributed by atoms with van der Waals surface area (Å²) in [6, 6.07) is 3.57. The summed E-state index contributed by atoms with van der Waals surface area (Å²) in [6.45, 7) is 15.0. The van der Waals surface area contributed by atoms with Crippen LogP contribution in [0.1, 0.15) is 39.5 Å². The summed E-state index contributed by atoms with van der Waals surface area (Å²) >= 11 is 1.31. The van der Waals surface area contributed by atoms with Gasteiger partial charge < -0.3 is 15.0 Å². The zero-order chi connectivity index (χ0) is 20.6. The normalized spacial score (nSPS) is 22.0. The van der Waals surface area contributed by atoms with Crippen LogP contribution >= 0.6 is 35.3 Å². The Balaban J connectivity index is 0.00000300. The smallest absolute Gasteiger partial charge is 0.252 e. The van der Waals surface area contributed by atoms with Crippen LogP contribution in [0.5, 0.6) is 0 Å². The molecule has 0 unspecified atom stereocenters. The van der Waals surface area contributed by atoms with Gasteiger partial charge in [0.25, 0.3) is 10.0 Å². The van der Waals surface area contributed by atoms with Gasteiger partial charge >= 0.3 is 0 Å². The van der Waals surface area contributed by atoms with Crippen molar-refractivity contribution in [2.45, 2.75) is 50.9 Å². The lowest BCUT2D eigenvalue weighted by molar-refractivity contribution is -0.0667. The highest BCUT2D eigenvalue weighted by atomic mass is 127. The first-order valence-electron chi connectivity index (χ1n) is 9.82. The predicted molar refractivity (Wildman–Crippen MR) is 129 cm³/mol. The minimum absolute atomic E-state index is 0. The van der Waals surface area contributed by atoms with Crippen molar-refractivity contribution in [3.05, 3.63) is 17.0 Å². The van der Waals surface area contributed by atoms with Crippen LogP contribution < -0.4 is 5.32 Å². The Morgan fingerprint density at radius 1 is 1.24 bits per heavy atom. The first kappa shape index (κ1) is 24.8. The van der Waals surface area contributed by atoms with Gasteiger partial charge in [0.1, 0.15) is 4.21 Å². The number of hydrogen-bond acceptors (Lipinski definition) is 5. The molecule has 0 aromatic carbocycles. The van der Waals surface area contributed by atoms with Crippen molar-refractivity contribution in [3.63, 3.8) is 0 Å². The number of halogens is 1. The molecule has 3 heterocycles.